The number of benzene rings is 4. The van der Waals surface area contributed by atoms with Gasteiger partial charge in [0.2, 0.25) is 0 Å². The van der Waals surface area contributed by atoms with Crippen molar-refractivity contribution in [3.63, 3.8) is 0 Å². The van der Waals surface area contributed by atoms with Crippen LogP contribution in [-0.2, 0) is 0 Å². The molecular weight excluding hydrogens is 342 g/mol. The first-order chi connectivity index (χ1) is 13.8. The van der Waals surface area contributed by atoms with Gasteiger partial charge in [-0.15, -0.1) is 0 Å². The van der Waals surface area contributed by atoms with E-state index in [4.69, 9.17) is 4.74 Å². The average Bonchev–Trinajstić information content (AvgIpc) is 2.74. The van der Waals surface area contributed by atoms with Crippen LogP contribution in [0, 0.1) is 6.92 Å². The van der Waals surface area contributed by atoms with Crippen molar-refractivity contribution in [1.29, 1.82) is 0 Å². The molecule has 0 aliphatic heterocycles. The second-order valence-corrected chi connectivity index (χ2v) is 6.96. The van der Waals surface area contributed by atoms with Crippen molar-refractivity contribution in [1.82, 2.24) is 4.98 Å². The summed E-state index contributed by atoms with van der Waals surface area (Å²) in [5.74, 6) is 1.70. The maximum atomic E-state index is 6.39. The first-order valence-electron chi connectivity index (χ1n) is 9.39. The molecule has 0 unspecified atom stereocenters. The molecule has 5 rings (SSSR count). The number of fused-ring (bicyclic) bond motifs is 2. The molecule has 0 aliphatic carbocycles. The lowest BCUT2D eigenvalue weighted by Crippen LogP contribution is -1.92. The van der Waals surface area contributed by atoms with Crippen molar-refractivity contribution in [2.45, 2.75) is 6.92 Å². The third-order valence-corrected chi connectivity index (χ3v) is 5.05. The van der Waals surface area contributed by atoms with Gasteiger partial charge >= 0.3 is 0 Å². The summed E-state index contributed by atoms with van der Waals surface area (Å²) in [5.41, 5.74) is 3.63. The van der Waals surface area contributed by atoms with Crippen molar-refractivity contribution in [3.05, 3.63) is 103 Å². The Morgan fingerprint density at radius 3 is 2.25 bits per heavy atom. The molecule has 0 N–H and O–H groups in total. The quantitative estimate of drug-likeness (QED) is 0.318. The summed E-state index contributed by atoms with van der Waals surface area (Å²) in [6, 6.07) is 29.0. The molecule has 2 heteroatoms. The van der Waals surface area contributed by atoms with Gasteiger partial charge < -0.3 is 4.74 Å². The lowest BCUT2D eigenvalue weighted by atomic mass is 9.91. The van der Waals surface area contributed by atoms with Crippen LogP contribution in [0.25, 0.3) is 32.7 Å². The standard InChI is InChI=1S/C26H19NO/c1-18-8-7-9-19(16-18)25-21-12-5-6-13-22(21)26(23-14-15-27-17-24(23)25)28-20-10-3-2-4-11-20/h2-17H,1H3. The van der Waals surface area contributed by atoms with Crippen molar-refractivity contribution < 1.29 is 4.74 Å². The Balaban J connectivity index is 1.88. The first kappa shape index (κ1) is 16.5. The van der Waals surface area contributed by atoms with E-state index in [0.29, 0.717) is 0 Å². The van der Waals surface area contributed by atoms with Crippen LogP contribution in [0.5, 0.6) is 11.5 Å². The minimum absolute atomic E-state index is 0.828. The number of aryl methyl sites for hydroxylation is 1. The molecule has 0 saturated heterocycles. The van der Waals surface area contributed by atoms with E-state index >= 15 is 0 Å². The molecule has 0 spiro atoms. The normalized spacial score (nSPS) is 11.0. The maximum absolute atomic E-state index is 6.39. The summed E-state index contributed by atoms with van der Waals surface area (Å²) in [4.78, 5) is 4.42. The Morgan fingerprint density at radius 1 is 0.679 bits per heavy atom. The summed E-state index contributed by atoms with van der Waals surface area (Å²) in [6.45, 7) is 2.12. The topological polar surface area (TPSA) is 22.1 Å². The van der Waals surface area contributed by atoms with Gasteiger partial charge in [-0.2, -0.15) is 0 Å². The Hall–Kier alpha value is -3.65. The van der Waals surface area contributed by atoms with Crippen molar-refractivity contribution in [2.75, 3.05) is 0 Å². The van der Waals surface area contributed by atoms with Gasteiger partial charge in [-0.1, -0.05) is 72.3 Å². The Kier molecular flexibility index (Phi) is 4.02. The monoisotopic (exact) mass is 361 g/mol. The van der Waals surface area contributed by atoms with Crippen LogP contribution in [0.2, 0.25) is 0 Å². The Labute approximate surface area is 164 Å². The average molecular weight is 361 g/mol. The lowest BCUT2D eigenvalue weighted by Gasteiger charge is -2.17. The van der Waals surface area contributed by atoms with Gasteiger partial charge in [-0.05, 0) is 41.6 Å². The molecular formula is C26H19NO. The van der Waals surface area contributed by atoms with Crippen LogP contribution < -0.4 is 4.74 Å². The third-order valence-electron chi connectivity index (χ3n) is 5.05. The molecule has 0 atom stereocenters. The van der Waals surface area contributed by atoms with E-state index in [2.05, 4.69) is 60.4 Å². The second-order valence-electron chi connectivity index (χ2n) is 6.96. The van der Waals surface area contributed by atoms with Crippen LogP contribution in [0.1, 0.15) is 5.56 Å². The van der Waals surface area contributed by atoms with Gasteiger partial charge in [0.1, 0.15) is 11.5 Å². The zero-order valence-electron chi connectivity index (χ0n) is 15.6. The summed E-state index contributed by atoms with van der Waals surface area (Å²) >= 11 is 0. The minimum Gasteiger partial charge on any atom is -0.456 e. The van der Waals surface area contributed by atoms with Crippen molar-refractivity contribution >= 4 is 21.5 Å². The van der Waals surface area contributed by atoms with Crippen LogP contribution in [0.3, 0.4) is 0 Å². The smallest absolute Gasteiger partial charge is 0.143 e. The molecule has 0 bridgehead atoms. The molecule has 28 heavy (non-hydrogen) atoms. The molecule has 4 aromatic carbocycles. The summed E-state index contributed by atoms with van der Waals surface area (Å²) < 4.78 is 6.39. The number of ether oxygens (including phenoxy) is 1. The highest BCUT2D eigenvalue weighted by Gasteiger charge is 2.16. The molecule has 2 nitrogen and oxygen atoms in total. The van der Waals surface area contributed by atoms with Crippen molar-refractivity contribution in [2.24, 2.45) is 0 Å². The lowest BCUT2D eigenvalue weighted by molar-refractivity contribution is 0.494. The van der Waals surface area contributed by atoms with Crippen LogP contribution in [0.15, 0.2) is 97.3 Å². The molecule has 0 saturated carbocycles. The molecule has 0 aliphatic rings. The number of hydrogen-bond donors (Lipinski definition) is 0. The predicted octanol–water partition coefficient (Wildman–Crippen LogP) is 7.16. The van der Waals surface area contributed by atoms with Crippen LogP contribution >= 0.6 is 0 Å². The maximum Gasteiger partial charge on any atom is 0.143 e. The van der Waals surface area contributed by atoms with Gasteiger partial charge in [0.15, 0.2) is 0 Å². The van der Waals surface area contributed by atoms with E-state index in [1.54, 1.807) is 0 Å². The molecule has 1 aromatic heterocycles. The highest BCUT2D eigenvalue weighted by Crippen LogP contribution is 2.44. The molecule has 134 valence electrons. The van der Waals surface area contributed by atoms with Gasteiger partial charge in [-0.25, -0.2) is 0 Å². The summed E-state index contributed by atoms with van der Waals surface area (Å²) in [7, 11) is 0. The molecule has 5 aromatic rings. The summed E-state index contributed by atoms with van der Waals surface area (Å²) in [6.07, 6.45) is 3.77. The number of nitrogens with zero attached hydrogens (tertiary/aromatic N) is 1. The van der Waals surface area contributed by atoms with Gasteiger partial charge in [0.05, 0.1) is 0 Å². The molecule has 0 radical (unpaired) electrons. The van der Waals surface area contributed by atoms with E-state index in [-0.39, 0.29) is 0 Å². The predicted molar refractivity (Wildman–Crippen MR) is 116 cm³/mol. The van der Waals surface area contributed by atoms with Gasteiger partial charge in [0, 0.05) is 28.6 Å². The van der Waals surface area contributed by atoms with E-state index in [1.807, 2.05) is 48.8 Å². The highest BCUT2D eigenvalue weighted by atomic mass is 16.5. The van der Waals surface area contributed by atoms with Crippen molar-refractivity contribution in [3.8, 4) is 22.6 Å². The van der Waals surface area contributed by atoms with E-state index in [9.17, 15) is 0 Å². The third kappa shape index (κ3) is 2.80. The molecule has 0 amide bonds. The fourth-order valence-electron chi connectivity index (χ4n) is 3.81. The number of aromatic nitrogens is 1. The fraction of sp³-hybridized carbons (Fsp3) is 0.0385. The van der Waals surface area contributed by atoms with E-state index < -0.39 is 0 Å². The van der Waals surface area contributed by atoms with Gasteiger partial charge in [-0.3, -0.25) is 4.98 Å². The Bertz CT molecular complexity index is 1240. The second kappa shape index (κ2) is 6.82. The highest BCUT2D eigenvalue weighted by molar-refractivity contribution is 6.16. The first-order valence-corrected chi connectivity index (χ1v) is 9.39. The van der Waals surface area contributed by atoms with E-state index in [0.717, 1.165) is 27.7 Å². The number of rotatable bonds is 3. The zero-order valence-corrected chi connectivity index (χ0v) is 15.6. The SMILES string of the molecule is Cc1cccc(-c2c3ccccc3c(Oc3ccccc3)c3ccncc23)c1. The fourth-order valence-corrected chi connectivity index (χ4v) is 3.81. The molecule has 1 heterocycles. The van der Waals surface area contributed by atoms with Gasteiger partial charge in [0.25, 0.3) is 0 Å². The number of hydrogen-bond acceptors (Lipinski definition) is 2. The zero-order chi connectivity index (χ0) is 18.9. The number of para-hydroxylation sites is 1. The summed E-state index contributed by atoms with van der Waals surface area (Å²) in [5, 5.41) is 4.42. The molecule has 0 fully saturated rings. The minimum atomic E-state index is 0.828. The van der Waals surface area contributed by atoms with Crippen LogP contribution in [0.4, 0.5) is 0 Å². The Morgan fingerprint density at radius 2 is 1.43 bits per heavy atom. The largest absolute Gasteiger partial charge is 0.456 e. The van der Waals surface area contributed by atoms with E-state index in [1.165, 1.54) is 22.1 Å². The van der Waals surface area contributed by atoms with Crippen LogP contribution in [-0.4, -0.2) is 4.98 Å². The number of pyridine rings is 1.